The highest BCUT2D eigenvalue weighted by Gasteiger charge is 2.28. The van der Waals surface area contributed by atoms with Crippen LogP contribution in [0.1, 0.15) is 19.4 Å². The number of hydrogen-bond acceptors (Lipinski definition) is 5. The third-order valence-corrected chi connectivity index (χ3v) is 5.77. The SMILES string of the molecule is Cc1cccc(-n2ccnc2SCC(=O)NCC(C)(C)N2CCOCC2)c1. The monoisotopic (exact) mass is 388 g/mol. The van der Waals surface area contributed by atoms with Crippen LogP contribution < -0.4 is 5.32 Å². The summed E-state index contributed by atoms with van der Waals surface area (Å²) < 4.78 is 7.43. The van der Waals surface area contributed by atoms with E-state index in [0.29, 0.717) is 12.3 Å². The van der Waals surface area contributed by atoms with Crippen molar-refractivity contribution >= 4 is 17.7 Å². The van der Waals surface area contributed by atoms with Gasteiger partial charge in [0.05, 0.1) is 19.0 Å². The molecule has 1 saturated heterocycles. The van der Waals surface area contributed by atoms with Gasteiger partial charge in [0, 0.05) is 43.3 Å². The van der Waals surface area contributed by atoms with Crippen molar-refractivity contribution < 1.29 is 9.53 Å². The summed E-state index contributed by atoms with van der Waals surface area (Å²) in [6.07, 6.45) is 3.70. The molecule has 27 heavy (non-hydrogen) atoms. The van der Waals surface area contributed by atoms with Crippen LogP contribution in [0.15, 0.2) is 41.8 Å². The summed E-state index contributed by atoms with van der Waals surface area (Å²) in [5, 5.41) is 3.89. The fraction of sp³-hybridized carbons (Fsp3) is 0.500. The molecule has 1 aliphatic heterocycles. The first kappa shape index (κ1) is 19.9. The highest BCUT2D eigenvalue weighted by molar-refractivity contribution is 7.99. The van der Waals surface area contributed by atoms with Crippen molar-refractivity contribution in [3.63, 3.8) is 0 Å². The van der Waals surface area contributed by atoms with Gasteiger partial charge in [-0.05, 0) is 38.5 Å². The molecule has 1 amide bonds. The molecular weight excluding hydrogens is 360 g/mol. The molecule has 0 aliphatic carbocycles. The number of morpholine rings is 1. The molecule has 1 aliphatic rings. The topological polar surface area (TPSA) is 59.4 Å². The van der Waals surface area contributed by atoms with E-state index < -0.39 is 0 Å². The number of amides is 1. The summed E-state index contributed by atoms with van der Waals surface area (Å²) in [5.74, 6) is 0.377. The largest absolute Gasteiger partial charge is 0.379 e. The molecule has 146 valence electrons. The summed E-state index contributed by atoms with van der Waals surface area (Å²) in [6.45, 7) is 10.3. The van der Waals surface area contributed by atoms with Crippen LogP contribution in [-0.2, 0) is 9.53 Å². The van der Waals surface area contributed by atoms with E-state index in [1.165, 1.54) is 17.3 Å². The van der Waals surface area contributed by atoms with E-state index in [2.05, 4.69) is 48.1 Å². The second-order valence-corrected chi connectivity index (χ2v) is 8.34. The smallest absolute Gasteiger partial charge is 0.230 e. The number of hydrogen-bond donors (Lipinski definition) is 1. The van der Waals surface area contributed by atoms with Crippen LogP contribution in [0.2, 0.25) is 0 Å². The number of nitrogens with zero attached hydrogens (tertiary/aromatic N) is 3. The lowest BCUT2D eigenvalue weighted by Gasteiger charge is -2.40. The van der Waals surface area contributed by atoms with Gasteiger partial charge < -0.3 is 10.1 Å². The lowest BCUT2D eigenvalue weighted by atomic mass is 10.0. The Labute approximate surface area is 165 Å². The van der Waals surface area contributed by atoms with E-state index in [4.69, 9.17) is 4.74 Å². The summed E-state index contributed by atoms with van der Waals surface area (Å²) in [6, 6.07) is 8.25. The van der Waals surface area contributed by atoms with E-state index in [1.807, 2.05) is 22.9 Å². The number of carbonyl (C=O) groups excluding carboxylic acids is 1. The molecule has 0 spiro atoms. The second kappa shape index (κ2) is 8.91. The Kier molecular flexibility index (Phi) is 6.57. The highest BCUT2D eigenvalue weighted by Crippen LogP contribution is 2.21. The van der Waals surface area contributed by atoms with Crippen molar-refractivity contribution in [2.75, 3.05) is 38.6 Å². The predicted molar refractivity (Wildman–Crippen MR) is 109 cm³/mol. The fourth-order valence-corrected chi connectivity index (χ4v) is 3.95. The summed E-state index contributed by atoms with van der Waals surface area (Å²) in [4.78, 5) is 19.1. The first-order valence-electron chi connectivity index (χ1n) is 9.28. The Balaban J connectivity index is 1.52. The maximum Gasteiger partial charge on any atom is 0.230 e. The van der Waals surface area contributed by atoms with Crippen LogP contribution in [-0.4, -0.2) is 64.5 Å². The number of imidazole rings is 1. The molecule has 6 nitrogen and oxygen atoms in total. The summed E-state index contributed by atoms with van der Waals surface area (Å²) >= 11 is 1.45. The highest BCUT2D eigenvalue weighted by atomic mass is 32.2. The summed E-state index contributed by atoms with van der Waals surface area (Å²) in [5.41, 5.74) is 2.17. The Hall–Kier alpha value is -1.83. The van der Waals surface area contributed by atoms with E-state index >= 15 is 0 Å². The van der Waals surface area contributed by atoms with Crippen molar-refractivity contribution in [2.45, 2.75) is 31.5 Å². The van der Waals surface area contributed by atoms with Crippen LogP contribution in [0.3, 0.4) is 0 Å². The Morgan fingerprint density at radius 2 is 2.11 bits per heavy atom. The lowest BCUT2D eigenvalue weighted by molar-refractivity contribution is -0.119. The number of thioether (sulfide) groups is 1. The molecule has 3 rings (SSSR count). The van der Waals surface area contributed by atoms with Gasteiger partial charge in [0.2, 0.25) is 5.91 Å². The van der Waals surface area contributed by atoms with Gasteiger partial charge in [-0.1, -0.05) is 23.9 Å². The number of benzene rings is 1. The van der Waals surface area contributed by atoms with Crippen LogP contribution in [0, 0.1) is 6.92 Å². The molecule has 2 aromatic rings. The maximum atomic E-state index is 12.4. The predicted octanol–water partition coefficient (Wildman–Crippen LogP) is 2.50. The van der Waals surface area contributed by atoms with E-state index in [-0.39, 0.29) is 11.4 Å². The number of rotatable bonds is 7. The molecule has 2 heterocycles. The number of aryl methyl sites for hydroxylation is 1. The Bertz CT molecular complexity index is 769. The van der Waals surface area contributed by atoms with Crippen LogP contribution in [0.4, 0.5) is 0 Å². The zero-order chi connectivity index (χ0) is 19.3. The first-order chi connectivity index (χ1) is 13.0. The van der Waals surface area contributed by atoms with Crippen LogP contribution in [0.25, 0.3) is 5.69 Å². The minimum Gasteiger partial charge on any atom is -0.379 e. The minimum absolute atomic E-state index is 0.0279. The Morgan fingerprint density at radius 1 is 1.33 bits per heavy atom. The maximum absolute atomic E-state index is 12.4. The van der Waals surface area contributed by atoms with Gasteiger partial charge in [-0.2, -0.15) is 0 Å². The normalized spacial score (nSPS) is 15.7. The van der Waals surface area contributed by atoms with Crippen molar-refractivity contribution in [3.05, 3.63) is 42.2 Å². The van der Waals surface area contributed by atoms with E-state index in [0.717, 1.165) is 37.1 Å². The van der Waals surface area contributed by atoms with Crippen molar-refractivity contribution in [3.8, 4) is 5.69 Å². The number of carbonyl (C=O) groups is 1. The van der Waals surface area contributed by atoms with Gasteiger partial charge in [-0.25, -0.2) is 4.98 Å². The van der Waals surface area contributed by atoms with Crippen molar-refractivity contribution in [1.29, 1.82) is 0 Å². The first-order valence-corrected chi connectivity index (χ1v) is 10.3. The molecule has 1 fully saturated rings. The van der Waals surface area contributed by atoms with Crippen LogP contribution >= 0.6 is 11.8 Å². The Morgan fingerprint density at radius 3 is 2.85 bits per heavy atom. The van der Waals surface area contributed by atoms with Crippen LogP contribution in [0.5, 0.6) is 0 Å². The van der Waals surface area contributed by atoms with E-state index in [1.54, 1.807) is 6.20 Å². The number of ether oxygens (including phenoxy) is 1. The minimum atomic E-state index is -0.0792. The summed E-state index contributed by atoms with van der Waals surface area (Å²) in [7, 11) is 0. The number of aromatic nitrogens is 2. The standard InChI is InChI=1S/C20H28N4O2S/c1-16-5-4-6-17(13-16)24-8-7-21-19(24)27-14-18(25)22-15-20(2,3)23-9-11-26-12-10-23/h4-8,13H,9-12,14-15H2,1-3H3,(H,22,25). The molecule has 0 atom stereocenters. The molecule has 0 radical (unpaired) electrons. The van der Waals surface area contributed by atoms with Crippen molar-refractivity contribution in [1.82, 2.24) is 19.8 Å². The molecule has 0 bridgehead atoms. The molecule has 1 aromatic heterocycles. The van der Waals surface area contributed by atoms with E-state index in [9.17, 15) is 4.79 Å². The molecule has 0 saturated carbocycles. The average molecular weight is 389 g/mol. The molecule has 1 N–H and O–H groups in total. The second-order valence-electron chi connectivity index (χ2n) is 7.40. The van der Waals surface area contributed by atoms with Gasteiger partial charge in [-0.15, -0.1) is 0 Å². The lowest BCUT2D eigenvalue weighted by Crippen LogP contribution is -2.55. The molecule has 1 aromatic carbocycles. The molecule has 0 unspecified atom stereocenters. The van der Waals surface area contributed by atoms with Crippen molar-refractivity contribution in [2.24, 2.45) is 0 Å². The number of nitrogens with one attached hydrogen (secondary N) is 1. The van der Waals surface area contributed by atoms with Gasteiger partial charge in [0.25, 0.3) is 0 Å². The third kappa shape index (κ3) is 5.34. The fourth-order valence-electron chi connectivity index (χ4n) is 3.15. The van der Waals surface area contributed by atoms with Gasteiger partial charge in [-0.3, -0.25) is 14.3 Å². The third-order valence-electron chi connectivity index (χ3n) is 4.80. The van der Waals surface area contributed by atoms with Gasteiger partial charge >= 0.3 is 0 Å². The molecule has 7 heteroatoms. The molecular formula is C20H28N4O2S. The quantitative estimate of drug-likeness (QED) is 0.739. The average Bonchev–Trinajstić information content (AvgIpc) is 3.14. The van der Waals surface area contributed by atoms with Gasteiger partial charge in [0.1, 0.15) is 0 Å². The van der Waals surface area contributed by atoms with Gasteiger partial charge in [0.15, 0.2) is 5.16 Å². The zero-order valence-corrected chi connectivity index (χ0v) is 17.1. The zero-order valence-electron chi connectivity index (χ0n) is 16.3.